The molecule has 2 amide bonds. The molecule has 3 aliphatic heterocycles. The molecule has 3 fully saturated rings. The summed E-state index contributed by atoms with van der Waals surface area (Å²) in [5.41, 5.74) is 11.2. The summed E-state index contributed by atoms with van der Waals surface area (Å²) in [6.45, 7) is 22.0. The first kappa shape index (κ1) is 106. The van der Waals surface area contributed by atoms with Gasteiger partial charge in [-0.25, -0.2) is 73.0 Å². The van der Waals surface area contributed by atoms with E-state index >= 15 is 0 Å². The maximum atomic E-state index is 12.7. The molecule has 0 unspecified atom stereocenters. The van der Waals surface area contributed by atoms with Crippen LogP contribution in [0.15, 0.2) is 182 Å². The maximum absolute atomic E-state index is 12.7. The average Bonchev–Trinajstić information content (AvgIpc) is 1.62. The Kier molecular flexibility index (Phi) is 37.3. The summed E-state index contributed by atoms with van der Waals surface area (Å²) in [4.78, 5) is 77.6. The van der Waals surface area contributed by atoms with Gasteiger partial charge in [-0.2, -0.15) is 81.3 Å². The number of benzene rings is 7. The second-order valence-corrected chi connectivity index (χ2v) is 39.7. The van der Waals surface area contributed by atoms with Crippen LogP contribution in [0.3, 0.4) is 0 Å². The average molecular weight is 2230 g/mol. The molecule has 50 heteroatoms. The summed E-state index contributed by atoms with van der Waals surface area (Å²) in [6.07, 6.45) is 6.23. The molecule has 0 spiro atoms. The van der Waals surface area contributed by atoms with Crippen molar-refractivity contribution < 1.29 is 141 Å². The number of aryl methyl sites for hydroxylation is 5. The Morgan fingerprint density at radius 1 is 0.437 bits per heavy atom. The quantitative estimate of drug-likeness (QED) is 0.0204. The second-order valence-electron chi connectivity index (χ2n) is 29.7. The fraction of sp³-hybridized carbons (Fsp3) is 0.247. The van der Waals surface area contributed by atoms with E-state index in [2.05, 4.69) is 203 Å². The van der Waals surface area contributed by atoms with Crippen LogP contribution in [0.4, 0.5) is 50.5 Å². The van der Waals surface area contributed by atoms with Crippen LogP contribution in [0.25, 0.3) is 65.8 Å². The zero-order chi connectivity index (χ0) is 93.6. The van der Waals surface area contributed by atoms with Gasteiger partial charge >= 0.3 is 0 Å². The normalized spacial score (nSPS) is 13.2. The number of rotatable bonds is 19. The molecule has 691 valence electrons. The van der Waals surface area contributed by atoms with Crippen molar-refractivity contribution in [2.45, 2.75) is 80.9 Å². The van der Waals surface area contributed by atoms with E-state index in [1.807, 2.05) is 55.3 Å². The van der Waals surface area contributed by atoms with E-state index in [9.17, 15) is 43.3 Å². The number of H-pyrrole nitrogens is 3. The first-order chi connectivity index (χ1) is 63.3. The van der Waals surface area contributed by atoms with E-state index < -0.39 is 51.9 Å². The van der Waals surface area contributed by atoms with E-state index in [1.54, 1.807) is 55.4 Å². The fourth-order valence-corrected chi connectivity index (χ4v) is 20.8. The smallest absolute Gasteiger partial charge is 0.264 e. The molecular formula is C85H84N27O10S10Y3-3. The number of nitrogens with one attached hydrogen (secondary N) is 10. The number of hydrogen-bond acceptors (Lipinski definition) is 32. The van der Waals surface area contributed by atoms with Crippen molar-refractivity contribution in [3.63, 3.8) is 0 Å². The SMILES string of the molecule is CC(=O)NS(=O)(=O)c1ccc(N=C=S)cc1.CC(=O)NS(=O)(=O)c1ccc(NC(=S)N2CCN(c3ncnc4[nH]c5c[c-]c(C)cc5c34)CC2)cc1.CCc1nnc(NS(=O)(=O)c2ccc(N=C=S)cc2)s1.CCc1nnc(NS(=O)(=O)c2ccc(NC(=S)N3CCN(c4ncnc5[nH]c6c[c-]c(C)cc6c45)CC3)cc2)s1.Cc1[c-]cc2[nH]c3ncnc(N4CCNCC4)c3c2c1.[Y].[Y].[Y]. The zero-order valence-corrected chi connectivity index (χ0v) is 90.0. The van der Waals surface area contributed by atoms with Crippen LogP contribution < -0.4 is 49.5 Å². The number of sulfonamides is 4. The number of amides is 2. The molecule has 0 bridgehead atoms. The molecule has 3 radical (unpaired) electrons. The van der Waals surface area contributed by atoms with Gasteiger partial charge in [0.05, 0.1) is 41.3 Å². The van der Waals surface area contributed by atoms with Gasteiger partial charge in [0, 0.05) is 218 Å². The molecule has 10 N–H and O–H groups in total. The summed E-state index contributed by atoms with van der Waals surface area (Å²) in [5, 5.41) is 39.3. The Labute approximate surface area is 882 Å². The Bertz CT molecular complexity index is 7420. The van der Waals surface area contributed by atoms with Crippen molar-refractivity contribution in [2.75, 3.05) is 113 Å². The van der Waals surface area contributed by atoms with Gasteiger partial charge in [-0.05, 0) is 159 Å². The van der Waals surface area contributed by atoms with E-state index in [1.165, 1.54) is 88.7 Å². The molecule has 3 aliphatic rings. The largest absolute Gasteiger partial charge is 0.392 e. The van der Waals surface area contributed by atoms with Gasteiger partial charge in [-0.15, -0.1) is 20.4 Å². The number of aromatic nitrogens is 13. The monoisotopic (exact) mass is 2230 g/mol. The van der Waals surface area contributed by atoms with Crippen LogP contribution in [0, 0.1) is 39.0 Å². The minimum absolute atomic E-state index is 0. The van der Waals surface area contributed by atoms with Crippen molar-refractivity contribution in [1.29, 1.82) is 0 Å². The van der Waals surface area contributed by atoms with E-state index in [4.69, 9.17) is 24.4 Å². The topological polar surface area (TPSA) is 472 Å². The summed E-state index contributed by atoms with van der Waals surface area (Å²) < 4.78 is 106. The third-order valence-electron chi connectivity index (χ3n) is 20.5. The predicted octanol–water partition coefficient (Wildman–Crippen LogP) is 12.0. The van der Waals surface area contributed by atoms with Crippen LogP contribution in [0.5, 0.6) is 0 Å². The molecule has 7 aromatic carbocycles. The number of aromatic amines is 3. The van der Waals surface area contributed by atoms with Crippen LogP contribution >= 0.6 is 71.5 Å². The van der Waals surface area contributed by atoms with Crippen molar-refractivity contribution in [1.82, 2.24) is 89.8 Å². The number of carbonyl (C=O) groups excluding carboxylic acids is 2. The van der Waals surface area contributed by atoms with Crippen molar-refractivity contribution in [2.24, 2.45) is 9.98 Å². The Morgan fingerprint density at radius 3 is 1.04 bits per heavy atom. The number of anilines is 7. The van der Waals surface area contributed by atoms with Crippen LogP contribution in [-0.2, 0) is 161 Å². The Hall–Kier alpha value is -9.71. The summed E-state index contributed by atoms with van der Waals surface area (Å²) in [6, 6.07) is 46.1. The predicted molar refractivity (Wildman–Crippen MR) is 527 cm³/mol. The van der Waals surface area contributed by atoms with Gasteiger partial charge in [-0.1, -0.05) is 90.0 Å². The molecule has 11 heterocycles. The van der Waals surface area contributed by atoms with Crippen molar-refractivity contribution in [3.8, 4) is 0 Å². The number of piperazine rings is 3. The number of thiocarbonyl (C=S) groups is 4. The van der Waals surface area contributed by atoms with Crippen LogP contribution in [0.2, 0.25) is 0 Å². The van der Waals surface area contributed by atoms with Crippen LogP contribution in [-0.4, -0.2) is 220 Å². The number of carbonyl (C=O) groups is 2. The molecule has 0 saturated carbocycles. The summed E-state index contributed by atoms with van der Waals surface area (Å²) in [5.74, 6) is 1.56. The number of fused-ring (bicyclic) bond motifs is 9. The number of nitrogens with zero attached hydrogens (tertiary/aromatic N) is 17. The molecule has 8 aromatic heterocycles. The van der Waals surface area contributed by atoms with Gasteiger partial charge in [-0.3, -0.25) is 19.0 Å². The van der Waals surface area contributed by atoms with Crippen molar-refractivity contribution in [3.05, 3.63) is 197 Å². The van der Waals surface area contributed by atoms with Crippen molar-refractivity contribution >= 4 is 260 Å². The van der Waals surface area contributed by atoms with Crippen LogP contribution in [0.1, 0.15) is 54.4 Å². The number of aliphatic imine (C=N–C) groups is 2. The molecule has 135 heavy (non-hydrogen) atoms. The third-order valence-corrected chi connectivity index (χ3v) is 29.2. The molecule has 3 saturated heterocycles. The molecule has 18 rings (SSSR count). The minimum Gasteiger partial charge on any atom is -0.392 e. The third kappa shape index (κ3) is 26.8. The van der Waals surface area contributed by atoms with Gasteiger partial charge in [0.2, 0.25) is 22.1 Å². The summed E-state index contributed by atoms with van der Waals surface area (Å²) in [7, 11) is -15.1. The second kappa shape index (κ2) is 47.6. The Balaban J connectivity index is 0.000000169. The van der Waals surface area contributed by atoms with Gasteiger partial charge < -0.3 is 55.4 Å². The molecule has 15 aromatic rings. The maximum Gasteiger partial charge on any atom is 0.264 e. The van der Waals surface area contributed by atoms with E-state index in [0.717, 1.165) is 171 Å². The minimum atomic E-state index is -3.88. The summed E-state index contributed by atoms with van der Waals surface area (Å²) >= 11 is 22.6. The Morgan fingerprint density at radius 2 is 0.741 bits per heavy atom. The molecule has 0 atom stereocenters. The van der Waals surface area contributed by atoms with E-state index in [0.29, 0.717) is 72.0 Å². The molecule has 0 aliphatic carbocycles. The first-order valence-electron chi connectivity index (χ1n) is 40.7. The molecular weight excluding hydrogens is 2150 g/mol. The fourth-order valence-electron chi connectivity index (χ4n) is 14.2. The van der Waals surface area contributed by atoms with Gasteiger partial charge in [0.15, 0.2) is 10.2 Å². The zero-order valence-electron chi connectivity index (χ0n) is 73.3. The van der Waals surface area contributed by atoms with Gasteiger partial charge in [0.25, 0.3) is 40.1 Å². The van der Waals surface area contributed by atoms with E-state index in [-0.39, 0.29) is 128 Å². The number of hydrogen-bond donors (Lipinski definition) is 10. The number of isothiocyanates is 2. The van der Waals surface area contributed by atoms with Gasteiger partial charge in [0.1, 0.15) is 63.4 Å². The first-order valence-corrected chi connectivity index (χ1v) is 49.9. The molecule has 37 nitrogen and oxygen atoms in total. The standard InChI is InChI=1S/C26H26N9O2S3.C24H24N7O3S2.C15H16N5.C11H10N4O2S3.C9H8N2O3S2.3Y/c1-3-21-31-32-25(39-21)33-40(36,37)18-7-5-17(6-8-18)29-26(38)35-12-10-34(11-13-35)24-22-19-14-16(2)4-9-20(19)30-23(22)27-15-28-24;1-15-3-8-20-19(13-15)21-22(28-20)25-14-26-23(21)30-9-11-31(12-10-30)24(35)27-17-4-6-18(7-5-17)36(33,34)29-16(2)32;1-10-2-3-12-11(8-10)13-14(19-12)17-9-18-15(13)20-6-4-16-5-7-20;1-2-10-13-14-11(19-10)15-20(16,17)9-5-3-8(4-6-9)12-7-18;1-7(12)11-16(13,14)9-4-2-8(3-5-9)10-6-15;;;/h5-9,14-15H,3,10-13H2,1-2H3,(H,29,38)(H,32,33)(H,27,28,30);4-8,13-14H,9-12H2,1-2H3,(H,27,35)(H,29,32)(H,25,26,28);3,8-9,16H,4-7H2,1H3,(H,17,18,19);3-6H,2H2,1H3,(H,14,15);2-5H,1H3,(H,11,12);;;/q3*-1;;;;;.